The molecule has 4 rings (SSSR count). The van der Waals surface area contributed by atoms with E-state index >= 15 is 0 Å². The number of aromatic nitrogens is 1. The second-order valence-corrected chi connectivity index (χ2v) is 10.9. The van der Waals surface area contributed by atoms with E-state index in [0.717, 1.165) is 24.1 Å². The van der Waals surface area contributed by atoms with E-state index in [1.54, 1.807) is 8.61 Å². The van der Waals surface area contributed by atoms with Gasteiger partial charge in [-0.05, 0) is 62.5 Å². The molecule has 0 radical (unpaired) electrons. The third-order valence-electron chi connectivity index (χ3n) is 6.23. The largest absolute Gasteiger partial charge is 0.348 e. The van der Waals surface area contributed by atoms with Crippen LogP contribution in [-0.2, 0) is 16.6 Å². The van der Waals surface area contributed by atoms with Crippen LogP contribution in [0.15, 0.2) is 6.07 Å². The van der Waals surface area contributed by atoms with Gasteiger partial charge in [0, 0.05) is 42.1 Å². The van der Waals surface area contributed by atoms with Crippen LogP contribution in [0, 0.1) is 0 Å². The molecule has 3 fully saturated rings. The predicted molar refractivity (Wildman–Crippen MR) is 108 cm³/mol. The van der Waals surface area contributed by atoms with Crippen molar-refractivity contribution in [2.75, 3.05) is 13.1 Å². The van der Waals surface area contributed by atoms with E-state index < -0.39 is 10.2 Å². The van der Waals surface area contributed by atoms with Gasteiger partial charge in [0.25, 0.3) is 16.1 Å². The zero-order valence-electron chi connectivity index (χ0n) is 16.2. The summed E-state index contributed by atoms with van der Waals surface area (Å²) >= 11 is 1.36. The Morgan fingerprint density at radius 3 is 2.46 bits per heavy atom. The third-order valence-corrected chi connectivity index (χ3v) is 9.31. The fraction of sp³-hybridized carbons (Fsp3) is 0.778. The molecular formula is C18H29N5O3S2. The van der Waals surface area contributed by atoms with Crippen molar-refractivity contribution >= 4 is 27.6 Å². The van der Waals surface area contributed by atoms with Crippen molar-refractivity contribution in [3.05, 3.63) is 16.6 Å². The highest BCUT2D eigenvalue weighted by atomic mass is 32.2. The van der Waals surface area contributed by atoms with Crippen LogP contribution in [0.25, 0.3) is 0 Å². The van der Waals surface area contributed by atoms with E-state index in [1.165, 1.54) is 11.5 Å². The average Bonchev–Trinajstić information content (AvgIpc) is 3.25. The van der Waals surface area contributed by atoms with Gasteiger partial charge in [-0.15, -0.1) is 0 Å². The van der Waals surface area contributed by atoms with Gasteiger partial charge < -0.3 is 11.1 Å². The first-order valence-corrected chi connectivity index (χ1v) is 12.4. The van der Waals surface area contributed by atoms with Gasteiger partial charge in [-0.1, -0.05) is 6.92 Å². The van der Waals surface area contributed by atoms with Crippen LogP contribution < -0.4 is 11.1 Å². The SMILES string of the molecule is CCc1cc(C(=O)NC2C[C@H]3CC[C@@H](C2)N3S(=O)(=O)N2CCC(N)CC2)ns1. The minimum absolute atomic E-state index is 0.00185. The van der Waals surface area contributed by atoms with E-state index in [0.29, 0.717) is 44.5 Å². The summed E-state index contributed by atoms with van der Waals surface area (Å²) in [6.07, 6.45) is 5.36. The van der Waals surface area contributed by atoms with Gasteiger partial charge in [0.05, 0.1) is 0 Å². The quantitative estimate of drug-likeness (QED) is 0.731. The minimum atomic E-state index is -3.46. The maximum absolute atomic E-state index is 13.2. The smallest absolute Gasteiger partial charge is 0.282 e. The number of aryl methyl sites for hydroxylation is 1. The molecule has 0 aliphatic carbocycles. The number of carbonyl (C=O) groups is 1. The highest BCUT2D eigenvalue weighted by molar-refractivity contribution is 7.86. The van der Waals surface area contributed by atoms with Crippen LogP contribution in [0.2, 0.25) is 0 Å². The van der Waals surface area contributed by atoms with Crippen LogP contribution in [0.1, 0.15) is 60.8 Å². The van der Waals surface area contributed by atoms with E-state index in [4.69, 9.17) is 5.73 Å². The summed E-state index contributed by atoms with van der Waals surface area (Å²) in [6, 6.07) is 1.87. The maximum Gasteiger partial charge on any atom is 0.282 e. The van der Waals surface area contributed by atoms with Crippen molar-refractivity contribution in [1.82, 2.24) is 18.3 Å². The number of rotatable bonds is 5. The fourth-order valence-corrected chi connectivity index (χ4v) is 7.43. The number of nitrogens with two attached hydrogens (primary N) is 1. The molecule has 1 unspecified atom stereocenters. The average molecular weight is 428 g/mol. The van der Waals surface area contributed by atoms with E-state index in [1.807, 2.05) is 13.0 Å². The standard InChI is InChI=1S/C18H29N5O3S2/c1-2-16-11-17(21-27-16)18(24)20-13-9-14-3-4-15(10-13)23(14)28(25,26)22-7-5-12(19)6-8-22/h11-15H,2-10,19H2,1H3,(H,20,24)/t13?,14-,15+. The van der Waals surface area contributed by atoms with Crippen molar-refractivity contribution < 1.29 is 13.2 Å². The molecule has 28 heavy (non-hydrogen) atoms. The Kier molecular flexibility index (Phi) is 5.76. The summed E-state index contributed by atoms with van der Waals surface area (Å²) in [6.45, 7) is 3.05. The van der Waals surface area contributed by atoms with Crippen LogP contribution >= 0.6 is 11.5 Å². The van der Waals surface area contributed by atoms with Gasteiger partial charge in [-0.2, -0.15) is 21.4 Å². The number of piperidine rings is 2. The predicted octanol–water partition coefficient (Wildman–Crippen LogP) is 1.10. The van der Waals surface area contributed by atoms with Crippen LogP contribution in [-0.4, -0.2) is 64.6 Å². The highest BCUT2D eigenvalue weighted by Gasteiger charge is 2.49. The Balaban J connectivity index is 1.41. The number of nitrogens with zero attached hydrogens (tertiary/aromatic N) is 3. The molecule has 10 heteroatoms. The summed E-state index contributed by atoms with van der Waals surface area (Å²) in [5.41, 5.74) is 6.40. The normalized spacial score (nSPS) is 29.9. The first kappa shape index (κ1) is 20.2. The Morgan fingerprint density at radius 2 is 1.89 bits per heavy atom. The molecule has 3 saturated heterocycles. The molecule has 3 N–H and O–H groups in total. The maximum atomic E-state index is 13.2. The Bertz CT molecular complexity index is 805. The molecule has 0 spiro atoms. The van der Waals surface area contributed by atoms with Gasteiger partial charge in [-0.25, -0.2) is 0 Å². The molecule has 156 valence electrons. The van der Waals surface area contributed by atoms with Gasteiger partial charge >= 0.3 is 0 Å². The van der Waals surface area contributed by atoms with E-state index in [-0.39, 0.29) is 30.1 Å². The first-order valence-electron chi connectivity index (χ1n) is 10.2. The number of hydrogen-bond donors (Lipinski definition) is 2. The lowest BCUT2D eigenvalue weighted by Crippen LogP contribution is -2.57. The molecule has 1 aromatic rings. The summed E-state index contributed by atoms with van der Waals surface area (Å²) in [5.74, 6) is -0.151. The minimum Gasteiger partial charge on any atom is -0.348 e. The van der Waals surface area contributed by atoms with Gasteiger partial charge in [0.15, 0.2) is 0 Å². The van der Waals surface area contributed by atoms with Crippen molar-refractivity contribution in [1.29, 1.82) is 0 Å². The molecule has 2 bridgehead atoms. The molecular weight excluding hydrogens is 398 g/mol. The lowest BCUT2D eigenvalue weighted by Gasteiger charge is -2.41. The Hall–Kier alpha value is -1.07. The molecule has 1 aromatic heterocycles. The topological polar surface area (TPSA) is 109 Å². The number of amides is 1. The Morgan fingerprint density at radius 1 is 1.25 bits per heavy atom. The molecule has 1 amide bonds. The van der Waals surface area contributed by atoms with Gasteiger partial charge in [-0.3, -0.25) is 4.79 Å². The zero-order valence-corrected chi connectivity index (χ0v) is 17.8. The van der Waals surface area contributed by atoms with E-state index in [9.17, 15) is 13.2 Å². The first-order chi connectivity index (χ1) is 13.4. The number of hydrogen-bond acceptors (Lipinski definition) is 6. The van der Waals surface area contributed by atoms with Crippen LogP contribution in [0.5, 0.6) is 0 Å². The van der Waals surface area contributed by atoms with Crippen LogP contribution in [0.4, 0.5) is 0 Å². The number of carbonyl (C=O) groups excluding carboxylic acids is 1. The zero-order chi connectivity index (χ0) is 19.9. The monoisotopic (exact) mass is 427 g/mol. The van der Waals surface area contributed by atoms with Crippen molar-refractivity contribution in [3.8, 4) is 0 Å². The van der Waals surface area contributed by atoms with Crippen molar-refractivity contribution in [2.45, 2.75) is 76.0 Å². The summed E-state index contributed by atoms with van der Waals surface area (Å²) in [4.78, 5) is 13.6. The lowest BCUT2D eigenvalue weighted by molar-refractivity contribution is 0.0903. The van der Waals surface area contributed by atoms with Crippen molar-refractivity contribution in [2.24, 2.45) is 5.73 Å². The third kappa shape index (κ3) is 3.85. The molecule has 0 saturated carbocycles. The summed E-state index contributed by atoms with van der Waals surface area (Å²) in [5, 5.41) is 3.08. The molecule has 3 aliphatic rings. The summed E-state index contributed by atoms with van der Waals surface area (Å²) in [7, 11) is -3.46. The van der Waals surface area contributed by atoms with Crippen LogP contribution in [0.3, 0.4) is 0 Å². The summed E-state index contributed by atoms with van der Waals surface area (Å²) < 4.78 is 34.0. The molecule has 8 nitrogen and oxygen atoms in total. The lowest BCUT2D eigenvalue weighted by atomic mass is 9.99. The van der Waals surface area contributed by atoms with Crippen molar-refractivity contribution in [3.63, 3.8) is 0 Å². The second kappa shape index (κ2) is 7.98. The molecule has 3 atom stereocenters. The highest BCUT2D eigenvalue weighted by Crippen LogP contribution is 2.39. The number of fused-ring (bicyclic) bond motifs is 2. The molecule has 3 aliphatic heterocycles. The van der Waals surface area contributed by atoms with Gasteiger partial charge in [0.1, 0.15) is 5.69 Å². The fourth-order valence-electron chi connectivity index (χ4n) is 4.71. The number of nitrogens with one attached hydrogen (secondary N) is 1. The second-order valence-electron chi connectivity index (χ2n) is 8.13. The van der Waals surface area contributed by atoms with Gasteiger partial charge in [0.2, 0.25) is 0 Å². The van der Waals surface area contributed by atoms with E-state index in [2.05, 4.69) is 9.69 Å². The molecule has 0 aromatic carbocycles. The molecule has 4 heterocycles. The Labute approximate surface area is 170 Å².